The van der Waals surface area contributed by atoms with Crippen LogP contribution in [0.2, 0.25) is 0 Å². The van der Waals surface area contributed by atoms with Crippen molar-refractivity contribution in [1.29, 1.82) is 0 Å². The quantitative estimate of drug-likeness (QED) is 0.893. The molecule has 0 radical (unpaired) electrons. The van der Waals surface area contributed by atoms with E-state index in [0.717, 1.165) is 18.7 Å². The first-order valence-corrected chi connectivity index (χ1v) is 7.38. The van der Waals surface area contributed by atoms with Crippen LogP contribution in [0.15, 0.2) is 22.7 Å². The van der Waals surface area contributed by atoms with E-state index in [-0.39, 0.29) is 24.0 Å². The van der Waals surface area contributed by atoms with Crippen LogP contribution in [-0.2, 0) is 4.74 Å². The molecule has 3 N–H and O–H groups in total. The van der Waals surface area contributed by atoms with E-state index in [1.54, 1.807) is 6.07 Å². The molecule has 1 saturated heterocycles. The molecule has 5 heteroatoms. The highest BCUT2D eigenvalue weighted by Gasteiger charge is 2.28. The maximum absolute atomic E-state index is 9.58. The van der Waals surface area contributed by atoms with E-state index >= 15 is 0 Å². The third-order valence-corrected chi connectivity index (χ3v) is 4.10. The van der Waals surface area contributed by atoms with E-state index < -0.39 is 0 Å². The summed E-state index contributed by atoms with van der Waals surface area (Å²) < 4.78 is 6.46. The Kier molecular flexibility index (Phi) is 4.84. The van der Waals surface area contributed by atoms with E-state index in [1.165, 1.54) is 0 Å². The number of hydrogen-bond acceptors (Lipinski definition) is 4. The first-order valence-electron chi connectivity index (χ1n) is 6.59. The van der Waals surface area contributed by atoms with Crippen LogP contribution in [0.25, 0.3) is 0 Å². The smallest absolute Gasteiger partial charge is 0.129 e. The Bertz CT molecular complexity index is 431. The predicted molar refractivity (Wildman–Crippen MR) is 79.2 cm³/mol. The zero-order chi connectivity index (χ0) is 14.0. The second-order valence-corrected chi connectivity index (χ2v) is 6.03. The van der Waals surface area contributed by atoms with Gasteiger partial charge in [0.05, 0.1) is 16.7 Å². The molecule has 1 fully saturated rings. The van der Waals surface area contributed by atoms with Gasteiger partial charge in [0.2, 0.25) is 0 Å². The Morgan fingerprint density at radius 2 is 2.05 bits per heavy atom. The van der Waals surface area contributed by atoms with Crippen LogP contribution in [0.1, 0.15) is 25.5 Å². The lowest BCUT2D eigenvalue weighted by Crippen LogP contribution is -2.48. The lowest BCUT2D eigenvalue weighted by atomic mass is 10.0. The van der Waals surface area contributed by atoms with Crippen molar-refractivity contribution in [2.75, 3.05) is 19.6 Å². The molecule has 1 aliphatic heterocycles. The monoisotopic (exact) mass is 328 g/mol. The van der Waals surface area contributed by atoms with Crippen LogP contribution in [0.4, 0.5) is 0 Å². The highest BCUT2D eigenvalue weighted by atomic mass is 79.9. The maximum atomic E-state index is 9.58. The Balaban J connectivity index is 2.21. The molecule has 1 aromatic rings. The first kappa shape index (κ1) is 14.8. The van der Waals surface area contributed by atoms with Gasteiger partial charge in [-0.1, -0.05) is 6.07 Å². The van der Waals surface area contributed by atoms with E-state index in [2.05, 4.69) is 34.7 Å². The highest BCUT2D eigenvalue weighted by molar-refractivity contribution is 9.10. The van der Waals surface area contributed by atoms with Gasteiger partial charge >= 0.3 is 0 Å². The largest absolute Gasteiger partial charge is 0.507 e. The summed E-state index contributed by atoms with van der Waals surface area (Å²) in [5.41, 5.74) is 7.07. The normalized spacial score (nSPS) is 26.3. The Morgan fingerprint density at radius 1 is 1.42 bits per heavy atom. The number of ether oxygens (including phenoxy) is 1. The van der Waals surface area contributed by atoms with Gasteiger partial charge in [-0.15, -0.1) is 0 Å². The number of phenolic OH excluding ortho intramolecular Hbond substituents is 1. The van der Waals surface area contributed by atoms with Crippen molar-refractivity contribution in [2.24, 2.45) is 5.73 Å². The fourth-order valence-electron chi connectivity index (χ4n) is 2.70. The molecule has 0 amide bonds. The van der Waals surface area contributed by atoms with Crippen molar-refractivity contribution in [3.05, 3.63) is 28.2 Å². The number of nitrogens with zero attached hydrogens (tertiary/aromatic N) is 1. The topological polar surface area (TPSA) is 58.7 Å². The number of aromatic hydroxyl groups is 1. The number of hydrogen-bond donors (Lipinski definition) is 2. The molecule has 106 valence electrons. The van der Waals surface area contributed by atoms with Gasteiger partial charge in [-0.2, -0.15) is 0 Å². The van der Waals surface area contributed by atoms with Crippen molar-refractivity contribution in [2.45, 2.75) is 32.1 Å². The average Bonchev–Trinajstić information content (AvgIpc) is 2.33. The average molecular weight is 329 g/mol. The van der Waals surface area contributed by atoms with Gasteiger partial charge in [-0.25, -0.2) is 0 Å². The van der Waals surface area contributed by atoms with E-state index in [4.69, 9.17) is 10.5 Å². The Labute approximate surface area is 122 Å². The molecule has 0 saturated carbocycles. The molecular weight excluding hydrogens is 308 g/mol. The number of rotatable bonds is 3. The van der Waals surface area contributed by atoms with Gasteiger partial charge in [-0.3, -0.25) is 4.90 Å². The van der Waals surface area contributed by atoms with Crippen molar-refractivity contribution >= 4 is 15.9 Å². The summed E-state index contributed by atoms with van der Waals surface area (Å²) >= 11 is 3.36. The Morgan fingerprint density at radius 3 is 2.58 bits per heavy atom. The molecule has 3 unspecified atom stereocenters. The zero-order valence-electron chi connectivity index (χ0n) is 11.3. The summed E-state index contributed by atoms with van der Waals surface area (Å²) in [6.07, 6.45) is 0.441. The van der Waals surface area contributed by atoms with E-state index in [9.17, 15) is 5.11 Å². The second kappa shape index (κ2) is 6.22. The van der Waals surface area contributed by atoms with Crippen LogP contribution < -0.4 is 5.73 Å². The predicted octanol–water partition coefficient (Wildman–Crippen LogP) is 2.26. The number of phenols is 1. The number of morpholine rings is 1. The van der Waals surface area contributed by atoms with Gasteiger partial charge in [0.25, 0.3) is 0 Å². The van der Waals surface area contributed by atoms with Crippen molar-refractivity contribution in [3.8, 4) is 5.75 Å². The maximum Gasteiger partial charge on any atom is 0.129 e. The lowest BCUT2D eigenvalue weighted by Gasteiger charge is -2.40. The number of halogens is 1. The molecule has 3 atom stereocenters. The van der Waals surface area contributed by atoms with E-state index in [0.29, 0.717) is 11.0 Å². The minimum Gasteiger partial charge on any atom is -0.507 e. The van der Waals surface area contributed by atoms with Crippen LogP contribution in [0, 0.1) is 0 Å². The summed E-state index contributed by atoms with van der Waals surface area (Å²) in [4.78, 5) is 2.36. The molecular formula is C14H21BrN2O2. The minimum atomic E-state index is 0.158. The third-order valence-electron chi connectivity index (χ3n) is 3.47. The molecule has 1 aromatic carbocycles. The summed E-state index contributed by atoms with van der Waals surface area (Å²) in [5.74, 6) is 0.253. The highest BCUT2D eigenvalue weighted by Crippen LogP contribution is 2.30. The van der Waals surface area contributed by atoms with Gasteiger partial charge in [0.15, 0.2) is 0 Å². The minimum absolute atomic E-state index is 0.158. The fraction of sp³-hybridized carbons (Fsp3) is 0.571. The second-order valence-electron chi connectivity index (χ2n) is 5.17. The van der Waals surface area contributed by atoms with Crippen LogP contribution in [0.3, 0.4) is 0 Å². The van der Waals surface area contributed by atoms with E-state index in [1.807, 2.05) is 12.1 Å². The third kappa shape index (κ3) is 3.48. The number of nitrogens with two attached hydrogens (primary N) is 1. The molecule has 0 aromatic heterocycles. The van der Waals surface area contributed by atoms with Crippen LogP contribution in [0.5, 0.6) is 5.75 Å². The summed E-state index contributed by atoms with van der Waals surface area (Å²) in [6, 6.07) is 5.74. The van der Waals surface area contributed by atoms with Gasteiger partial charge in [0.1, 0.15) is 5.75 Å². The SMILES string of the molecule is CC1CN(C(CN)c2ccc(O)c(Br)c2)CC(C)O1. The van der Waals surface area contributed by atoms with Gasteiger partial charge in [-0.05, 0) is 47.5 Å². The van der Waals surface area contributed by atoms with Crippen molar-refractivity contribution in [3.63, 3.8) is 0 Å². The standard InChI is InChI=1S/C14H21BrN2O2/c1-9-7-17(8-10(2)19-9)13(6-16)11-3-4-14(18)12(15)5-11/h3-5,9-10,13,18H,6-8,16H2,1-2H3. The molecule has 2 rings (SSSR count). The number of benzene rings is 1. The van der Waals surface area contributed by atoms with Crippen LogP contribution in [-0.4, -0.2) is 41.8 Å². The fourth-order valence-corrected chi connectivity index (χ4v) is 3.10. The summed E-state index contributed by atoms with van der Waals surface area (Å²) in [7, 11) is 0. The molecule has 1 aliphatic rings. The molecule has 0 aliphatic carbocycles. The molecule has 4 nitrogen and oxygen atoms in total. The van der Waals surface area contributed by atoms with Gasteiger partial charge in [0, 0.05) is 25.7 Å². The van der Waals surface area contributed by atoms with Crippen molar-refractivity contribution < 1.29 is 9.84 Å². The molecule has 0 spiro atoms. The molecule has 19 heavy (non-hydrogen) atoms. The van der Waals surface area contributed by atoms with Gasteiger partial charge < -0.3 is 15.6 Å². The molecule has 0 bridgehead atoms. The summed E-state index contributed by atoms with van der Waals surface area (Å²) in [6.45, 7) is 6.48. The molecule has 1 heterocycles. The van der Waals surface area contributed by atoms with Crippen molar-refractivity contribution in [1.82, 2.24) is 4.90 Å². The van der Waals surface area contributed by atoms with Crippen LogP contribution >= 0.6 is 15.9 Å². The zero-order valence-corrected chi connectivity index (χ0v) is 12.9. The summed E-state index contributed by atoms with van der Waals surface area (Å²) in [5, 5.41) is 9.58. The Hall–Kier alpha value is -0.620. The lowest BCUT2D eigenvalue weighted by molar-refractivity contribution is -0.0799. The first-order chi connectivity index (χ1) is 9.01.